The van der Waals surface area contributed by atoms with Crippen LogP contribution in [0.5, 0.6) is 0 Å². The average molecular weight is 343 g/mol. The first-order valence-corrected chi connectivity index (χ1v) is 9.30. The maximum absolute atomic E-state index is 12.7. The molecular weight excluding hydrogens is 322 g/mol. The molecule has 1 aliphatic rings. The van der Waals surface area contributed by atoms with Crippen molar-refractivity contribution in [1.29, 1.82) is 0 Å². The lowest BCUT2D eigenvalue weighted by molar-refractivity contribution is 0.0445. The smallest absolute Gasteiger partial charge is 0.256 e. The van der Waals surface area contributed by atoms with Crippen molar-refractivity contribution in [2.24, 2.45) is 5.92 Å². The maximum atomic E-state index is 12.7. The molecule has 5 nitrogen and oxygen atoms in total. The van der Waals surface area contributed by atoms with Gasteiger partial charge in [0.05, 0.1) is 17.4 Å². The zero-order valence-corrected chi connectivity index (χ0v) is 14.4. The van der Waals surface area contributed by atoms with Gasteiger partial charge in [0.15, 0.2) is 0 Å². The van der Waals surface area contributed by atoms with Gasteiger partial charge in [0, 0.05) is 25.5 Å². The number of amides is 1. The highest BCUT2D eigenvalue weighted by Gasteiger charge is 2.30. The summed E-state index contributed by atoms with van der Waals surface area (Å²) in [4.78, 5) is 23.1. The number of pyridine rings is 2. The molecule has 1 saturated heterocycles. The van der Waals surface area contributed by atoms with E-state index in [9.17, 15) is 9.90 Å². The zero-order chi connectivity index (χ0) is 16.9. The van der Waals surface area contributed by atoms with E-state index in [0.29, 0.717) is 24.3 Å². The van der Waals surface area contributed by atoms with Crippen molar-refractivity contribution in [1.82, 2.24) is 14.9 Å². The number of piperidine rings is 1. The minimum absolute atomic E-state index is 0.0261. The molecule has 0 aromatic carbocycles. The van der Waals surface area contributed by atoms with Gasteiger partial charge in [0.2, 0.25) is 0 Å². The number of hydrogen-bond donors (Lipinski definition) is 1. The number of aromatic nitrogens is 2. The molecule has 1 aliphatic heterocycles. The fraction of sp³-hybridized carbons (Fsp3) is 0.389. The molecule has 0 aliphatic carbocycles. The highest BCUT2D eigenvalue weighted by molar-refractivity contribution is 7.98. The quantitative estimate of drug-likeness (QED) is 0.865. The van der Waals surface area contributed by atoms with E-state index in [1.165, 1.54) is 11.8 Å². The fourth-order valence-electron chi connectivity index (χ4n) is 3.10. The first-order chi connectivity index (χ1) is 11.7. The summed E-state index contributed by atoms with van der Waals surface area (Å²) >= 11 is 1.48. The van der Waals surface area contributed by atoms with Crippen LogP contribution >= 0.6 is 11.8 Å². The van der Waals surface area contributed by atoms with Crippen LogP contribution in [-0.4, -0.2) is 45.2 Å². The van der Waals surface area contributed by atoms with Gasteiger partial charge in [-0.15, -0.1) is 11.8 Å². The van der Waals surface area contributed by atoms with Crippen molar-refractivity contribution in [3.8, 4) is 0 Å². The number of likely N-dealkylation sites (tertiary alicyclic amines) is 1. The molecule has 2 aromatic rings. The summed E-state index contributed by atoms with van der Waals surface area (Å²) in [6.07, 6.45) is 6.32. The van der Waals surface area contributed by atoms with Crippen molar-refractivity contribution in [3.63, 3.8) is 0 Å². The normalized spacial score (nSPS) is 16.8. The standard InChI is InChI=1S/C18H21N3O2S/c1-24-17-14(5-4-10-20-17)18(23)21-11-7-13(8-12-21)16(22)15-6-2-3-9-19-15/h2-6,9-10,13,16,22H,7-8,11-12H2,1H3/t16-/m0/s1. The molecule has 1 amide bonds. The molecule has 1 N–H and O–H groups in total. The molecule has 24 heavy (non-hydrogen) atoms. The van der Waals surface area contributed by atoms with Gasteiger partial charge in [0.1, 0.15) is 5.03 Å². The molecule has 1 fully saturated rings. The van der Waals surface area contributed by atoms with Crippen LogP contribution in [0.25, 0.3) is 0 Å². The minimum atomic E-state index is -0.566. The van der Waals surface area contributed by atoms with E-state index in [1.807, 2.05) is 35.4 Å². The number of carbonyl (C=O) groups excluding carboxylic acids is 1. The minimum Gasteiger partial charge on any atom is -0.387 e. The van der Waals surface area contributed by atoms with Gasteiger partial charge in [-0.2, -0.15) is 0 Å². The van der Waals surface area contributed by atoms with Crippen LogP contribution in [0.3, 0.4) is 0 Å². The number of carbonyl (C=O) groups is 1. The Morgan fingerprint density at radius 1 is 1.21 bits per heavy atom. The molecule has 0 unspecified atom stereocenters. The Balaban J connectivity index is 1.64. The molecule has 2 aromatic heterocycles. The van der Waals surface area contributed by atoms with E-state index in [0.717, 1.165) is 17.9 Å². The Hall–Kier alpha value is -1.92. The second-order valence-corrected chi connectivity index (χ2v) is 6.68. The maximum Gasteiger partial charge on any atom is 0.256 e. The van der Waals surface area contributed by atoms with Gasteiger partial charge in [-0.1, -0.05) is 6.07 Å². The Morgan fingerprint density at radius 2 is 1.96 bits per heavy atom. The van der Waals surface area contributed by atoms with Crippen molar-refractivity contribution in [2.45, 2.75) is 24.0 Å². The van der Waals surface area contributed by atoms with Gasteiger partial charge >= 0.3 is 0 Å². The van der Waals surface area contributed by atoms with Crippen LogP contribution in [0, 0.1) is 5.92 Å². The van der Waals surface area contributed by atoms with Gasteiger partial charge in [0.25, 0.3) is 5.91 Å². The van der Waals surface area contributed by atoms with E-state index in [2.05, 4.69) is 9.97 Å². The van der Waals surface area contributed by atoms with E-state index in [-0.39, 0.29) is 11.8 Å². The Kier molecular flexibility index (Phi) is 5.48. The average Bonchev–Trinajstić information content (AvgIpc) is 2.67. The molecule has 0 spiro atoms. The van der Waals surface area contributed by atoms with Gasteiger partial charge in [-0.05, 0) is 49.3 Å². The zero-order valence-electron chi connectivity index (χ0n) is 13.6. The highest BCUT2D eigenvalue weighted by Crippen LogP contribution is 2.30. The molecule has 1 atom stereocenters. The van der Waals surface area contributed by atoms with Crippen molar-refractivity contribution >= 4 is 17.7 Å². The third-order valence-electron chi connectivity index (χ3n) is 4.46. The highest BCUT2D eigenvalue weighted by atomic mass is 32.2. The topological polar surface area (TPSA) is 66.3 Å². The van der Waals surface area contributed by atoms with Crippen LogP contribution in [0.1, 0.15) is 35.0 Å². The molecule has 6 heteroatoms. The molecule has 3 rings (SSSR count). The van der Waals surface area contributed by atoms with E-state index in [1.54, 1.807) is 18.5 Å². The molecular formula is C18H21N3O2S. The first kappa shape index (κ1) is 16.9. The number of nitrogens with zero attached hydrogens (tertiary/aromatic N) is 3. The number of aliphatic hydroxyl groups excluding tert-OH is 1. The van der Waals surface area contributed by atoms with Crippen LogP contribution in [-0.2, 0) is 0 Å². The van der Waals surface area contributed by atoms with Crippen molar-refractivity contribution in [2.75, 3.05) is 19.3 Å². The second-order valence-electron chi connectivity index (χ2n) is 5.89. The third kappa shape index (κ3) is 3.60. The van der Waals surface area contributed by atoms with Crippen LogP contribution in [0.4, 0.5) is 0 Å². The van der Waals surface area contributed by atoms with Crippen molar-refractivity contribution < 1.29 is 9.90 Å². The van der Waals surface area contributed by atoms with E-state index >= 15 is 0 Å². The van der Waals surface area contributed by atoms with Crippen molar-refractivity contribution in [3.05, 3.63) is 54.0 Å². The summed E-state index contributed by atoms with van der Waals surface area (Å²) < 4.78 is 0. The van der Waals surface area contributed by atoms with Crippen LogP contribution in [0.2, 0.25) is 0 Å². The summed E-state index contributed by atoms with van der Waals surface area (Å²) in [5.74, 6) is 0.163. The number of hydrogen-bond acceptors (Lipinski definition) is 5. The Morgan fingerprint density at radius 3 is 2.62 bits per heavy atom. The lowest BCUT2D eigenvalue weighted by Gasteiger charge is -2.34. The monoisotopic (exact) mass is 343 g/mol. The van der Waals surface area contributed by atoms with E-state index in [4.69, 9.17) is 0 Å². The van der Waals surface area contributed by atoms with Crippen LogP contribution in [0.15, 0.2) is 47.8 Å². The van der Waals surface area contributed by atoms with Crippen LogP contribution < -0.4 is 0 Å². The largest absolute Gasteiger partial charge is 0.387 e. The number of aliphatic hydroxyl groups is 1. The number of rotatable bonds is 4. The summed E-state index contributed by atoms with van der Waals surface area (Å²) in [5.41, 5.74) is 1.37. The lowest BCUT2D eigenvalue weighted by atomic mass is 9.89. The molecule has 0 radical (unpaired) electrons. The first-order valence-electron chi connectivity index (χ1n) is 8.08. The van der Waals surface area contributed by atoms with Gasteiger partial charge in [-0.25, -0.2) is 4.98 Å². The fourth-order valence-corrected chi connectivity index (χ4v) is 3.64. The van der Waals surface area contributed by atoms with E-state index < -0.39 is 6.10 Å². The molecule has 0 saturated carbocycles. The second kappa shape index (κ2) is 7.77. The third-order valence-corrected chi connectivity index (χ3v) is 5.17. The number of thioether (sulfide) groups is 1. The SMILES string of the molecule is CSc1ncccc1C(=O)N1CCC([C@H](O)c2ccccn2)CC1. The summed E-state index contributed by atoms with van der Waals surface area (Å²) in [6.45, 7) is 1.30. The predicted octanol–water partition coefficient (Wildman–Crippen LogP) is 2.78. The summed E-state index contributed by atoms with van der Waals surface area (Å²) in [7, 11) is 0. The summed E-state index contributed by atoms with van der Waals surface area (Å²) in [6, 6.07) is 9.20. The Bertz CT molecular complexity index is 688. The molecule has 3 heterocycles. The predicted molar refractivity (Wildman–Crippen MR) is 93.8 cm³/mol. The van der Waals surface area contributed by atoms with Gasteiger partial charge in [-0.3, -0.25) is 9.78 Å². The Labute approximate surface area is 146 Å². The molecule has 0 bridgehead atoms. The molecule has 126 valence electrons. The van der Waals surface area contributed by atoms with Gasteiger partial charge < -0.3 is 10.0 Å². The lowest BCUT2D eigenvalue weighted by Crippen LogP contribution is -2.40. The summed E-state index contributed by atoms with van der Waals surface area (Å²) in [5, 5.41) is 11.3.